The van der Waals surface area contributed by atoms with Gasteiger partial charge in [-0.05, 0) is 26.2 Å². The van der Waals surface area contributed by atoms with Crippen LogP contribution in [0.15, 0.2) is 0 Å². The van der Waals surface area contributed by atoms with Gasteiger partial charge in [-0.1, -0.05) is 6.42 Å². The molecule has 1 rings (SSSR count). The van der Waals surface area contributed by atoms with Gasteiger partial charge in [-0.3, -0.25) is 9.59 Å². The normalized spacial score (nSPS) is 23.2. The first-order valence-electron chi connectivity index (χ1n) is 6.65. The molecule has 0 spiro atoms. The molecule has 2 amide bonds. The molecule has 0 bridgehead atoms. The Morgan fingerprint density at radius 2 is 2.06 bits per heavy atom. The highest BCUT2D eigenvalue weighted by molar-refractivity contribution is 5.76. The highest BCUT2D eigenvalue weighted by Gasteiger charge is 2.33. The van der Waals surface area contributed by atoms with Crippen LogP contribution in [0.5, 0.6) is 0 Å². The van der Waals surface area contributed by atoms with Gasteiger partial charge >= 0.3 is 0 Å². The molecule has 0 aromatic rings. The van der Waals surface area contributed by atoms with Gasteiger partial charge in [-0.2, -0.15) is 0 Å². The van der Waals surface area contributed by atoms with E-state index in [2.05, 4.69) is 5.32 Å². The van der Waals surface area contributed by atoms with E-state index in [-0.39, 0.29) is 11.8 Å². The highest BCUT2D eigenvalue weighted by atomic mass is 16.3. The maximum atomic E-state index is 11.8. The van der Waals surface area contributed by atoms with Crippen LogP contribution in [-0.4, -0.2) is 47.1 Å². The summed E-state index contributed by atoms with van der Waals surface area (Å²) in [7, 11) is 0. The van der Waals surface area contributed by atoms with Crippen LogP contribution >= 0.6 is 0 Å². The summed E-state index contributed by atoms with van der Waals surface area (Å²) in [5, 5.41) is 12.5. The Labute approximate surface area is 109 Å². The third-order valence-electron chi connectivity index (χ3n) is 3.25. The maximum Gasteiger partial charge on any atom is 0.222 e. The first-order chi connectivity index (χ1) is 8.41. The number of hydrogen-bond donors (Lipinski definition) is 2. The Hall–Kier alpha value is -1.10. The Morgan fingerprint density at radius 1 is 1.33 bits per heavy atom. The number of likely N-dealkylation sites (tertiary alicyclic amines) is 1. The summed E-state index contributed by atoms with van der Waals surface area (Å²) in [6.07, 6.45) is 3.90. The Kier molecular flexibility index (Phi) is 5.59. The summed E-state index contributed by atoms with van der Waals surface area (Å²) in [6, 6.07) is 0. The molecule has 2 N–H and O–H groups in total. The quantitative estimate of drug-likeness (QED) is 0.686. The molecule has 1 aliphatic rings. The van der Waals surface area contributed by atoms with Gasteiger partial charge in [0.2, 0.25) is 11.8 Å². The molecule has 0 aromatic carbocycles. The number of β-amino-alcohol motifs (C(OH)–C–C–N with tert-alkyl or cyclic N) is 1. The van der Waals surface area contributed by atoms with E-state index < -0.39 is 5.60 Å². The van der Waals surface area contributed by atoms with Crippen molar-refractivity contribution in [2.45, 2.75) is 51.6 Å². The van der Waals surface area contributed by atoms with Crippen molar-refractivity contribution in [1.29, 1.82) is 0 Å². The molecule has 0 saturated carbocycles. The minimum absolute atomic E-state index is 0.00891. The smallest absolute Gasteiger partial charge is 0.222 e. The number of unbranched alkanes of at least 4 members (excludes halogenated alkanes) is 2. The minimum atomic E-state index is -0.707. The number of carbonyl (C=O) groups is 2. The number of amides is 2. The largest absolute Gasteiger partial charge is 0.388 e. The maximum absolute atomic E-state index is 11.8. The Bertz CT molecular complexity index is 303. The molecule has 1 atom stereocenters. The van der Waals surface area contributed by atoms with Crippen molar-refractivity contribution in [3.05, 3.63) is 0 Å². The SMILES string of the molecule is CC(=O)NCCCCCC(=O)N1CCC(C)(O)C1. The van der Waals surface area contributed by atoms with E-state index in [0.29, 0.717) is 32.5 Å². The second-order valence-corrected chi connectivity index (χ2v) is 5.36. The zero-order valence-corrected chi connectivity index (χ0v) is 11.4. The van der Waals surface area contributed by atoms with E-state index in [0.717, 1.165) is 19.3 Å². The van der Waals surface area contributed by atoms with E-state index in [1.165, 1.54) is 6.92 Å². The fraction of sp³-hybridized carbons (Fsp3) is 0.846. The number of rotatable bonds is 6. The van der Waals surface area contributed by atoms with Gasteiger partial charge in [-0.15, -0.1) is 0 Å². The lowest BCUT2D eigenvalue weighted by atomic mass is 10.1. The van der Waals surface area contributed by atoms with Crippen molar-refractivity contribution < 1.29 is 14.7 Å². The van der Waals surface area contributed by atoms with E-state index in [9.17, 15) is 14.7 Å². The lowest BCUT2D eigenvalue weighted by Crippen LogP contribution is -2.33. The van der Waals surface area contributed by atoms with Crippen molar-refractivity contribution in [2.75, 3.05) is 19.6 Å². The summed E-state index contributed by atoms with van der Waals surface area (Å²) in [5.41, 5.74) is -0.707. The van der Waals surface area contributed by atoms with Gasteiger partial charge in [0.1, 0.15) is 0 Å². The van der Waals surface area contributed by atoms with Crippen LogP contribution in [0.2, 0.25) is 0 Å². The van der Waals surface area contributed by atoms with Crippen molar-refractivity contribution >= 4 is 11.8 Å². The predicted octanol–water partition coefficient (Wildman–Crippen LogP) is 0.666. The molecule has 1 unspecified atom stereocenters. The molecule has 0 aromatic heterocycles. The average Bonchev–Trinajstić information content (AvgIpc) is 2.63. The zero-order valence-electron chi connectivity index (χ0n) is 11.4. The van der Waals surface area contributed by atoms with Gasteiger partial charge < -0.3 is 15.3 Å². The molecule has 5 nitrogen and oxygen atoms in total. The molecule has 0 aliphatic carbocycles. The molecular weight excluding hydrogens is 232 g/mol. The van der Waals surface area contributed by atoms with Crippen LogP contribution in [0.4, 0.5) is 0 Å². The monoisotopic (exact) mass is 256 g/mol. The molecule has 104 valence electrons. The van der Waals surface area contributed by atoms with Crippen LogP contribution in [0, 0.1) is 0 Å². The first kappa shape index (κ1) is 15.0. The second kappa shape index (κ2) is 6.73. The summed E-state index contributed by atoms with van der Waals surface area (Å²) in [5.74, 6) is 0.123. The van der Waals surface area contributed by atoms with Gasteiger partial charge in [0, 0.05) is 33.0 Å². The van der Waals surface area contributed by atoms with E-state index in [1.54, 1.807) is 11.8 Å². The fourth-order valence-corrected chi connectivity index (χ4v) is 2.16. The predicted molar refractivity (Wildman–Crippen MR) is 69.0 cm³/mol. The summed E-state index contributed by atoms with van der Waals surface area (Å²) in [4.78, 5) is 24.2. The molecule has 5 heteroatoms. The Balaban J connectivity index is 2.06. The van der Waals surface area contributed by atoms with Crippen LogP contribution in [0.25, 0.3) is 0 Å². The third-order valence-corrected chi connectivity index (χ3v) is 3.25. The molecule has 0 radical (unpaired) electrons. The third kappa shape index (κ3) is 5.49. The number of hydrogen-bond acceptors (Lipinski definition) is 3. The van der Waals surface area contributed by atoms with Gasteiger partial charge in [-0.25, -0.2) is 0 Å². The summed E-state index contributed by atoms with van der Waals surface area (Å²) in [6.45, 7) is 5.08. The Morgan fingerprint density at radius 3 is 2.61 bits per heavy atom. The lowest BCUT2D eigenvalue weighted by Gasteiger charge is -2.18. The average molecular weight is 256 g/mol. The van der Waals surface area contributed by atoms with Crippen LogP contribution in [0.1, 0.15) is 46.0 Å². The zero-order chi connectivity index (χ0) is 13.6. The summed E-state index contributed by atoms with van der Waals surface area (Å²) < 4.78 is 0. The van der Waals surface area contributed by atoms with E-state index in [1.807, 2.05) is 0 Å². The van der Waals surface area contributed by atoms with Gasteiger partial charge in [0.15, 0.2) is 0 Å². The molecule has 18 heavy (non-hydrogen) atoms. The van der Waals surface area contributed by atoms with Crippen LogP contribution in [0.3, 0.4) is 0 Å². The van der Waals surface area contributed by atoms with Crippen molar-refractivity contribution in [1.82, 2.24) is 10.2 Å². The number of carbonyl (C=O) groups excluding carboxylic acids is 2. The standard InChI is InChI=1S/C13H24N2O3/c1-11(16)14-8-5-3-4-6-12(17)15-9-7-13(2,18)10-15/h18H,3-10H2,1-2H3,(H,14,16). The van der Waals surface area contributed by atoms with Crippen molar-refractivity contribution in [3.63, 3.8) is 0 Å². The first-order valence-corrected chi connectivity index (χ1v) is 6.65. The number of nitrogens with one attached hydrogen (secondary N) is 1. The lowest BCUT2D eigenvalue weighted by molar-refractivity contribution is -0.131. The second-order valence-electron chi connectivity index (χ2n) is 5.36. The molecule has 1 saturated heterocycles. The molecular formula is C13H24N2O3. The highest BCUT2D eigenvalue weighted by Crippen LogP contribution is 2.21. The van der Waals surface area contributed by atoms with Crippen LogP contribution < -0.4 is 5.32 Å². The number of aliphatic hydroxyl groups is 1. The van der Waals surface area contributed by atoms with Crippen molar-refractivity contribution in [3.8, 4) is 0 Å². The van der Waals surface area contributed by atoms with Crippen LogP contribution in [-0.2, 0) is 9.59 Å². The molecule has 1 heterocycles. The van der Waals surface area contributed by atoms with E-state index >= 15 is 0 Å². The molecule has 1 fully saturated rings. The van der Waals surface area contributed by atoms with E-state index in [4.69, 9.17) is 0 Å². The topological polar surface area (TPSA) is 69.6 Å². The summed E-state index contributed by atoms with van der Waals surface area (Å²) >= 11 is 0. The van der Waals surface area contributed by atoms with Gasteiger partial charge in [0.05, 0.1) is 5.60 Å². The fourth-order valence-electron chi connectivity index (χ4n) is 2.16. The van der Waals surface area contributed by atoms with Crippen molar-refractivity contribution in [2.24, 2.45) is 0 Å². The minimum Gasteiger partial charge on any atom is -0.388 e. The number of nitrogens with zero attached hydrogens (tertiary/aromatic N) is 1. The van der Waals surface area contributed by atoms with Gasteiger partial charge in [0.25, 0.3) is 0 Å². The molecule has 1 aliphatic heterocycles.